The van der Waals surface area contributed by atoms with E-state index in [1.54, 1.807) is 0 Å². The average molecular weight is 705 g/mol. The van der Waals surface area contributed by atoms with Crippen LogP contribution in [-0.2, 0) is 38.1 Å². The monoisotopic (exact) mass is 704 g/mol. The Morgan fingerprint density at radius 2 is 1.56 bits per heavy atom. The maximum Gasteiger partial charge on any atom is 0.303 e. The van der Waals surface area contributed by atoms with Crippen LogP contribution in [0.4, 0.5) is 0 Å². The lowest BCUT2D eigenvalue weighted by atomic mass is 9.41. The van der Waals surface area contributed by atoms with E-state index in [1.165, 1.54) is 13.8 Å². The van der Waals surface area contributed by atoms with Crippen LogP contribution in [0.1, 0.15) is 114 Å². The molecule has 7 rings (SSSR count). The van der Waals surface area contributed by atoms with E-state index in [1.807, 2.05) is 13.8 Å². The summed E-state index contributed by atoms with van der Waals surface area (Å²) in [5.74, 6) is -0.887. The first-order chi connectivity index (χ1) is 23.2. The van der Waals surface area contributed by atoms with Crippen molar-refractivity contribution in [1.29, 1.82) is 0 Å². The Hall–Kier alpha value is -1.63. The van der Waals surface area contributed by atoms with Crippen LogP contribution in [0.25, 0.3) is 0 Å². The zero-order chi connectivity index (χ0) is 36.6. The Labute approximate surface area is 296 Å². The molecule has 2 aliphatic heterocycles. The third kappa shape index (κ3) is 4.99. The predicted octanol–water partition coefficient (Wildman–Crippen LogP) is 4.11. The van der Waals surface area contributed by atoms with Gasteiger partial charge in [0.05, 0.1) is 18.3 Å². The number of rotatable bonds is 8. The molecule has 0 radical (unpaired) electrons. The summed E-state index contributed by atoms with van der Waals surface area (Å²) in [6.45, 7) is 17.6. The van der Waals surface area contributed by atoms with Gasteiger partial charge in [0.15, 0.2) is 18.2 Å². The molecule has 282 valence electrons. The standard InChI is InChI=1S/C39H60O11/c1-19(16-23(47-20(2)40)32-35(6,7)50-32)27-29(44)31(45)37(9)25-11-10-24-34(4,5)26(12-13-38(24)18-39(25,38)15-14-36(27,37)8)49-33-30(48-21(3)41)28(43)22(42)17-46-33/h19,22-28,30-33,42-43,45H,10-18H2,1-9H3/t19-,22+,23-,24?,25?,26+,27?,28+,30-,31?,32+,33+,36-,37-,38-,39+/m1/s1. The van der Waals surface area contributed by atoms with Crippen LogP contribution in [-0.4, -0.2) is 94.3 Å². The number of carbonyl (C=O) groups is 3. The summed E-state index contributed by atoms with van der Waals surface area (Å²) >= 11 is 0. The van der Waals surface area contributed by atoms with Crippen molar-refractivity contribution in [3.05, 3.63) is 0 Å². The van der Waals surface area contributed by atoms with Gasteiger partial charge in [-0.15, -0.1) is 0 Å². The average Bonchev–Trinajstić information content (AvgIpc) is 3.87. The van der Waals surface area contributed by atoms with Crippen molar-refractivity contribution in [2.45, 2.75) is 168 Å². The maximum atomic E-state index is 14.3. The molecule has 7 fully saturated rings. The van der Waals surface area contributed by atoms with Crippen LogP contribution in [0.5, 0.6) is 0 Å². The molecule has 11 nitrogen and oxygen atoms in total. The topological polar surface area (TPSA) is 161 Å². The lowest BCUT2D eigenvalue weighted by Crippen LogP contribution is -2.61. The highest BCUT2D eigenvalue weighted by Gasteiger charge is 2.84. The number of Topliss-reactive ketones (excluding diaryl/α,β-unsaturated/α-hetero) is 1. The molecule has 5 aliphatic carbocycles. The minimum atomic E-state index is -1.30. The van der Waals surface area contributed by atoms with Crippen LogP contribution >= 0.6 is 0 Å². The molecule has 2 saturated heterocycles. The van der Waals surface area contributed by atoms with E-state index in [4.69, 9.17) is 23.7 Å². The van der Waals surface area contributed by atoms with Gasteiger partial charge in [0.1, 0.15) is 30.5 Å². The number of carbonyl (C=O) groups excluding carboxylic acids is 3. The number of ether oxygens (including phenoxy) is 5. The number of ketones is 1. The van der Waals surface area contributed by atoms with Crippen LogP contribution in [0, 0.1) is 50.7 Å². The van der Waals surface area contributed by atoms with Crippen LogP contribution < -0.4 is 0 Å². The fraction of sp³-hybridized carbons (Fsp3) is 0.923. The second-order valence-electron chi connectivity index (χ2n) is 19.0. The van der Waals surface area contributed by atoms with E-state index >= 15 is 0 Å². The Morgan fingerprint density at radius 3 is 2.18 bits per heavy atom. The first-order valence-corrected chi connectivity index (χ1v) is 19.1. The number of epoxide rings is 1. The summed E-state index contributed by atoms with van der Waals surface area (Å²) in [7, 11) is 0. The van der Waals surface area contributed by atoms with Gasteiger partial charge < -0.3 is 39.0 Å². The zero-order valence-electron chi connectivity index (χ0n) is 31.4. The number of hydrogen-bond donors (Lipinski definition) is 3. The number of aliphatic hydroxyl groups excluding tert-OH is 3. The molecule has 16 atom stereocenters. The minimum Gasteiger partial charge on any atom is -0.460 e. The van der Waals surface area contributed by atoms with Gasteiger partial charge in [0.2, 0.25) is 0 Å². The summed E-state index contributed by atoms with van der Waals surface area (Å²) in [6, 6.07) is 0. The van der Waals surface area contributed by atoms with Gasteiger partial charge in [-0.2, -0.15) is 0 Å². The van der Waals surface area contributed by atoms with Crippen molar-refractivity contribution in [3.8, 4) is 0 Å². The molecular formula is C39H60O11. The molecule has 11 heteroatoms. The van der Waals surface area contributed by atoms with E-state index in [9.17, 15) is 29.7 Å². The third-order valence-corrected chi connectivity index (χ3v) is 15.9. The van der Waals surface area contributed by atoms with Gasteiger partial charge >= 0.3 is 11.9 Å². The first-order valence-electron chi connectivity index (χ1n) is 19.1. The van der Waals surface area contributed by atoms with E-state index in [0.29, 0.717) is 12.3 Å². The second kappa shape index (κ2) is 11.7. The van der Waals surface area contributed by atoms with Crippen molar-refractivity contribution in [2.24, 2.45) is 50.7 Å². The molecule has 3 N–H and O–H groups in total. The van der Waals surface area contributed by atoms with Crippen LogP contribution in [0.2, 0.25) is 0 Å². The molecule has 0 amide bonds. The van der Waals surface area contributed by atoms with Crippen molar-refractivity contribution in [3.63, 3.8) is 0 Å². The summed E-state index contributed by atoms with van der Waals surface area (Å²) in [6.07, 6.45) is 0.594. The van der Waals surface area contributed by atoms with Crippen molar-refractivity contribution in [1.82, 2.24) is 0 Å². The van der Waals surface area contributed by atoms with Gasteiger partial charge in [-0.3, -0.25) is 14.4 Å². The van der Waals surface area contributed by atoms with E-state index in [2.05, 4.69) is 34.6 Å². The predicted molar refractivity (Wildman–Crippen MR) is 179 cm³/mol. The largest absolute Gasteiger partial charge is 0.460 e. The lowest BCUT2D eigenvalue weighted by molar-refractivity contribution is -0.305. The number of hydrogen-bond acceptors (Lipinski definition) is 11. The second-order valence-corrected chi connectivity index (χ2v) is 19.0. The molecule has 50 heavy (non-hydrogen) atoms. The SMILES string of the molecule is CC(=O)O[C@H]1[C@H](O[C@H]2CC[C@]34C[C@]35CC[C@]3(C)C([C@H](C)C[C@@H](OC(C)=O)[C@@H]6OC6(C)C)C(=O)C(O)[C@@]3(C)C5CCC4C2(C)C)OC[C@H](O)[C@@H]1O. The van der Waals surface area contributed by atoms with E-state index in [-0.39, 0.29) is 70.2 Å². The fourth-order valence-corrected chi connectivity index (χ4v) is 13.5. The summed E-state index contributed by atoms with van der Waals surface area (Å²) < 4.78 is 29.5. The smallest absolute Gasteiger partial charge is 0.303 e. The van der Waals surface area contributed by atoms with Crippen molar-refractivity contribution >= 4 is 17.7 Å². The van der Waals surface area contributed by atoms with Crippen LogP contribution in [0.15, 0.2) is 0 Å². The fourth-order valence-electron chi connectivity index (χ4n) is 13.5. The van der Waals surface area contributed by atoms with Gasteiger partial charge in [0.25, 0.3) is 0 Å². The molecule has 4 unspecified atom stereocenters. The molecule has 0 aromatic rings. The quantitative estimate of drug-likeness (QED) is 0.190. The van der Waals surface area contributed by atoms with Crippen LogP contribution in [0.3, 0.4) is 0 Å². The molecule has 2 heterocycles. The summed E-state index contributed by atoms with van der Waals surface area (Å²) in [4.78, 5) is 38.3. The normalized spacial score (nSPS) is 50.8. The van der Waals surface area contributed by atoms with Gasteiger partial charge in [-0.1, -0.05) is 34.6 Å². The molecular weight excluding hydrogens is 644 g/mol. The Balaban J connectivity index is 1.11. The summed E-state index contributed by atoms with van der Waals surface area (Å²) in [5, 5.41) is 32.9. The van der Waals surface area contributed by atoms with Gasteiger partial charge in [-0.05, 0) is 105 Å². The highest BCUT2D eigenvalue weighted by Crippen LogP contribution is 2.89. The number of esters is 2. The molecule has 2 spiro atoms. The highest BCUT2D eigenvalue weighted by molar-refractivity contribution is 5.90. The number of fused-ring (bicyclic) bond motifs is 2. The van der Waals surface area contributed by atoms with Crippen molar-refractivity contribution in [2.75, 3.05) is 6.61 Å². The maximum absolute atomic E-state index is 14.3. The van der Waals surface area contributed by atoms with E-state index in [0.717, 1.165) is 44.9 Å². The molecule has 0 bridgehead atoms. The Kier molecular flexibility index (Phi) is 8.58. The van der Waals surface area contributed by atoms with Crippen molar-refractivity contribution < 1.29 is 53.4 Å². The number of aliphatic hydroxyl groups is 3. The lowest BCUT2D eigenvalue weighted by Gasteiger charge is -2.63. The van der Waals surface area contributed by atoms with Gasteiger partial charge in [0, 0.05) is 25.2 Å². The zero-order valence-corrected chi connectivity index (χ0v) is 31.4. The first kappa shape index (κ1) is 36.7. The molecule has 0 aromatic heterocycles. The Morgan fingerprint density at radius 1 is 0.920 bits per heavy atom. The summed E-state index contributed by atoms with van der Waals surface area (Å²) in [5.41, 5.74) is -1.48. The van der Waals surface area contributed by atoms with Gasteiger partial charge in [-0.25, -0.2) is 0 Å². The molecule has 5 saturated carbocycles. The minimum absolute atomic E-state index is 0.0415. The third-order valence-electron chi connectivity index (χ3n) is 15.9. The van der Waals surface area contributed by atoms with E-state index < -0.39 is 53.6 Å². The molecule has 0 aromatic carbocycles. The molecule has 7 aliphatic rings. The highest BCUT2D eigenvalue weighted by atomic mass is 16.7. The Bertz CT molecular complexity index is 1410.